The third-order valence-electron chi connectivity index (χ3n) is 4.22. The third-order valence-corrected chi connectivity index (χ3v) is 5.97. The fraction of sp³-hybridized carbons (Fsp3) is 0.235. The number of nitrogens with zero attached hydrogens (tertiary/aromatic N) is 3. The molecule has 4 heterocycles. The van der Waals surface area contributed by atoms with Gasteiger partial charge in [-0.25, -0.2) is 8.42 Å². The molecule has 1 atom stereocenters. The molecule has 1 fully saturated rings. The molecule has 1 saturated heterocycles. The minimum Gasteiger partial charge on any atom is -0.463 e. The van der Waals surface area contributed by atoms with E-state index in [1.54, 1.807) is 41.2 Å². The Bertz CT molecular complexity index is 1030. The van der Waals surface area contributed by atoms with Crippen molar-refractivity contribution < 1.29 is 17.6 Å². The first kappa shape index (κ1) is 16.5. The van der Waals surface area contributed by atoms with E-state index in [0.29, 0.717) is 23.6 Å². The lowest BCUT2D eigenvalue weighted by Gasteiger charge is -2.11. The largest absolute Gasteiger partial charge is 0.463 e. The van der Waals surface area contributed by atoms with E-state index in [1.165, 1.54) is 12.5 Å². The molecule has 0 radical (unpaired) electrons. The quantitative estimate of drug-likeness (QED) is 0.752. The highest BCUT2D eigenvalue weighted by atomic mass is 32.2. The fourth-order valence-corrected chi connectivity index (χ4v) is 4.68. The molecular weight excluding hydrogens is 356 g/mol. The van der Waals surface area contributed by atoms with E-state index in [2.05, 4.69) is 15.4 Å². The van der Waals surface area contributed by atoms with Gasteiger partial charge in [-0.1, -0.05) is 0 Å². The molecule has 3 aromatic rings. The summed E-state index contributed by atoms with van der Waals surface area (Å²) in [4.78, 5) is 16.5. The Labute approximate surface area is 149 Å². The van der Waals surface area contributed by atoms with Crippen LogP contribution >= 0.6 is 0 Å². The van der Waals surface area contributed by atoms with Gasteiger partial charge in [0.25, 0.3) is 5.91 Å². The lowest BCUT2D eigenvalue weighted by atomic mass is 10.2. The van der Waals surface area contributed by atoms with Crippen LogP contribution in [0.15, 0.2) is 53.4 Å². The number of carbonyl (C=O) groups excluding carboxylic acids is 1. The highest BCUT2D eigenvalue weighted by molar-refractivity contribution is 7.91. The minimum absolute atomic E-state index is 0.00600. The molecule has 9 heteroatoms. The Morgan fingerprint density at radius 1 is 1.31 bits per heavy atom. The first-order valence-electron chi connectivity index (χ1n) is 8.07. The highest BCUT2D eigenvalue weighted by Gasteiger charge is 2.32. The van der Waals surface area contributed by atoms with Crippen LogP contribution in [0.5, 0.6) is 0 Å². The fourth-order valence-electron chi connectivity index (χ4n) is 2.99. The van der Waals surface area contributed by atoms with Crippen LogP contribution in [0.4, 0.5) is 5.69 Å². The predicted molar refractivity (Wildman–Crippen MR) is 94.4 cm³/mol. The van der Waals surface area contributed by atoms with Crippen LogP contribution < -0.4 is 5.32 Å². The second-order valence-corrected chi connectivity index (χ2v) is 8.32. The number of aromatic nitrogens is 3. The maximum Gasteiger partial charge on any atom is 0.276 e. The Balaban J connectivity index is 1.68. The van der Waals surface area contributed by atoms with Crippen LogP contribution in [0.25, 0.3) is 11.5 Å². The van der Waals surface area contributed by atoms with Gasteiger partial charge in [-0.2, -0.15) is 5.10 Å². The van der Waals surface area contributed by atoms with E-state index >= 15 is 0 Å². The van der Waals surface area contributed by atoms with Gasteiger partial charge in [-0.3, -0.25) is 14.5 Å². The molecule has 1 amide bonds. The normalized spacial score (nSPS) is 18.7. The Hall–Kier alpha value is -2.94. The number of rotatable bonds is 4. The topological polar surface area (TPSA) is 107 Å². The van der Waals surface area contributed by atoms with Gasteiger partial charge in [0.1, 0.15) is 5.69 Å². The van der Waals surface area contributed by atoms with Crippen molar-refractivity contribution in [3.05, 3.63) is 54.7 Å². The van der Waals surface area contributed by atoms with Crippen molar-refractivity contribution in [3.8, 4) is 11.5 Å². The zero-order valence-electron chi connectivity index (χ0n) is 13.7. The SMILES string of the molecule is O=C(Nc1cccnc1)c1cc(-c2ccco2)n(C2CCS(=O)(=O)C2)n1. The summed E-state index contributed by atoms with van der Waals surface area (Å²) in [6.07, 6.45) is 5.13. The molecule has 0 aromatic carbocycles. The number of nitrogens with one attached hydrogen (secondary N) is 1. The van der Waals surface area contributed by atoms with E-state index in [4.69, 9.17) is 4.42 Å². The van der Waals surface area contributed by atoms with Crippen molar-refractivity contribution in [1.82, 2.24) is 14.8 Å². The molecule has 26 heavy (non-hydrogen) atoms. The van der Waals surface area contributed by atoms with Crippen LogP contribution in [0.1, 0.15) is 23.0 Å². The molecule has 3 aromatic heterocycles. The number of anilines is 1. The summed E-state index contributed by atoms with van der Waals surface area (Å²) < 4.78 is 30.7. The first-order valence-corrected chi connectivity index (χ1v) is 9.89. The number of amides is 1. The van der Waals surface area contributed by atoms with Crippen molar-refractivity contribution in [3.63, 3.8) is 0 Å². The number of pyridine rings is 1. The van der Waals surface area contributed by atoms with Crippen molar-refractivity contribution in [1.29, 1.82) is 0 Å². The van der Waals surface area contributed by atoms with Gasteiger partial charge >= 0.3 is 0 Å². The minimum atomic E-state index is -3.09. The molecule has 0 bridgehead atoms. The van der Waals surface area contributed by atoms with Crippen molar-refractivity contribution in [2.45, 2.75) is 12.5 Å². The van der Waals surface area contributed by atoms with Gasteiger partial charge in [0.05, 0.1) is 35.7 Å². The summed E-state index contributed by atoms with van der Waals surface area (Å²) in [5.74, 6) is 0.255. The number of hydrogen-bond acceptors (Lipinski definition) is 6. The second-order valence-electron chi connectivity index (χ2n) is 6.09. The molecule has 1 aliphatic rings. The summed E-state index contributed by atoms with van der Waals surface area (Å²) >= 11 is 0. The van der Waals surface area contributed by atoms with Crippen molar-refractivity contribution in [2.24, 2.45) is 0 Å². The molecule has 0 aliphatic carbocycles. The molecule has 1 N–H and O–H groups in total. The average molecular weight is 372 g/mol. The van der Waals surface area contributed by atoms with Crippen LogP contribution in [0.3, 0.4) is 0 Å². The van der Waals surface area contributed by atoms with Crippen LogP contribution in [0, 0.1) is 0 Å². The monoisotopic (exact) mass is 372 g/mol. The smallest absolute Gasteiger partial charge is 0.276 e. The maximum absolute atomic E-state index is 12.5. The van der Waals surface area contributed by atoms with Crippen LogP contribution in [-0.2, 0) is 9.84 Å². The third kappa shape index (κ3) is 3.25. The molecule has 0 saturated carbocycles. The van der Waals surface area contributed by atoms with Crippen molar-refractivity contribution >= 4 is 21.4 Å². The van der Waals surface area contributed by atoms with E-state index in [0.717, 1.165) is 0 Å². The number of hydrogen-bond donors (Lipinski definition) is 1. The molecule has 1 unspecified atom stereocenters. The van der Waals surface area contributed by atoms with Crippen LogP contribution in [0.2, 0.25) is 0 Å². The van der Waals surface area contributed by atoms with Gasteiger partial charge in [0.15, 0.2) is 21.3 Å². The van der Waals surface area contributed by atoms with Gasteiger partial charge in [-0.05, 0) is 30.7 Å². The molecule has 8 nitrogen and oxygen atoms in total. The zero-order chi connectivity index (χ0) is 18.1. The Morgan fingerprint density at radius 3 is 2.85 bits per heavy atom. The van der Waals surface area contributed by atoms with Crippen LogP contribution in [-0.4, -0.2) is 40.6 Å². The molecule has 1 aliphatic heterocycles. The number of furan rings is 1. The maximum atomic E-state index is 12.5. The average Bonchev–Trinajstić information content (AvgIpc) is 3.33. The number of sulfone groups is 1. The first-order chi connectivity index (χ1) is 12.5. The summed E-state index contributed by atoms with van der Waals surface area (Å²) in [5, 5.41) is 7.09. The van der Waals surface area contributed by atoms with E-state index < -0.39 is 15.7 Å². The highest BCUT2D eigenvalue weighted by Crippen LogP contribution is 2.30. The van der Waals surface area contributed by atoms with Gasteiger partial charge in [-0.15, -0.1) is 0 Å². The van der Waals surface area contributed by atoms with E-state index in [1.807, 2.05) is 0 Å². The summed E-state index contributed by atoms with van der Waals surface area (Å²) in [6.45, 7) is 0. The Kier molecular flexibility index (Phi) is 4.08. The summed E-state index contributed by atoms with van der Waals surface area (Å²) in [7, 11) is -3.09. The molecular formula is C17H16N4O4S. The second kappa shape index (κ2) is 6.41. The van der Waals surface area contributed by atoms with Gasteiger partial charge in [0.2, 0.25) is 0 Å². The summed E-state index contributed by atoms with van der Waals surface area (Å²) in [5.41, 5.74) is 1.31. The Morgan fingerprint density at radius 2 is 2.19 bits per heavy atom. The lowest BCUT2D eigenvalue weighted by Crippen LogP contribution is -2.16. The van der Waals surface area contributed by atoms with Gasteiger partial charge in [0, 0.05) is 12.3 Å². The molecule has 134 valence electrons. The number of carbonyl (C=O) groups is 1. The van der Waals surface area contributed by atoms with Gasteiger partial charge < -0.3 is 9.73 Å². The van der Waals surface area contributed by atoms with Crippen molar-refractivity contribution in [2.75, 3.05) is 16.8 Å². The molecule has 4 rings (SSSR count). The predicted octanol–water partition coefficient (Wildman–Crippen LogP) is 2.15. The standard InChI is InChI=1S/C17H16N4O4S/c22-17(19-12-3-1-6-18-10-12)14-9-15(16-4-2-7-25-16)21(20-14)13-5-8-26(23,24)11-13/h1-4,6-7,9-10,13H,5,8,11H2,(H,19,22). The summed E-state index contributed by atoms with van der Waals surface area (Å²) in [6, 6.07) is 8.20. The lowest BCUT2D eigenvalue weighted by molar-refractivity contribution is 0.102. The van der Waals surface area contributed by atoms with E-state index in [9.17, 15) is 13.2 Å². The van der Waals surface area contributed by atoms with E-state index in [-0.39, 0.29) is 23.2 Å². The zero-order valence-corrected chi connectivity index (χ0v) is 14.5. The molecule has 0 spiro atoms.